The van der Waals surface area contributed by atoms with E-state index in [1.54, 1.807) is 7.11 Å². The second kappa shape index (κ2) is 4.48. The Labute approximate surface area is 115 Å². The number of nitrogens with one attached hydrogen (secondary N) is 1. The fourth-order valence-corrected chi connectivity index (χ4v) is 2.42. The molecule has 0 amide bonds. The molecule has 96 valence electrons. The number of nitrogen functional groups attached to an aromatic ring is 1. The predicted octanol–water partition coefficient (Wildman–Crippen LogP) is 3.47. The van der Waals surface area contributed by atoms with Gasteiger partial charge in [0.05, 0.1) is 17.6 Å². The quantitative estimate of drug-likeness (QED) is 0.751. The van der Waals surface area contributed by atoms with Crippen molar-refractivity contribution in [2.45, 2.75) is 0 Å². The van der Waals surface area contributed by atoms with Crippen LogP contribution in [0.2, 0.25) is 5.02 Å². The highest BCUT2D eigenvalue weighted by Crippen LogP contribution is 2.37. The minimum atomic E-state index is 0.475. The van der Waals surface area contributed by atoms with Crippen LogP contribution in [0.15, 0.2) is 36.4 Å². The second-order valence-corrected chi connectivity index (χ2v) is 4.59. The van der Waals surface area contributed by atoms with Gasteiger partial charge in [0.2, 0.25) is 0 Å². The lowest BCUT2D eigenvalue weighted by Gasteiger charge is -2.10. The molecule has 3 rings (SSSR count). The van der Waals surface area contributed by atoms with Crippen molar-refractivity contribution in [2.24, 2.45) is 0 Å². The smallest absolute Gasteiger partial charge is 0.153 e. The number of rotatable bonds is 2. The van der Waals surface area contributed by atoms with Crippen LogP contribution in [-0.2, 0) is 0 Å². The Balaban J connectivity index is 2.27. The minimum Gasteiger partial charge on any atom is -0.496 e. The Hall–Kier alpha value is -2.20. The summed E-state index contributed by atoms with van der Waals surface area (Å²) < 4.78 is 5.37. The lowest BCUT2D eigenvalue weighted by atomic mass is 10.0. The molecule has 5 heteroatoms. The number of methoxy groups -OCH3 is 1. The van der Waals surface area contributed by atoms with E-state index in [2.05, 4.69) is 10.2 Å². The lowest BCUT2D eigenvalue weighted by molar-refractivity contribution is 0.416. The number of aromatic nitrogens is 2. The second-order valence-electron chi connectivity index (χ2n) is 4.19. The summed E-state index contributed by atoms with van der Waals surface area (Å²) in [6.45, 7) is 0. The zero-order valence-electron chi connectivity index (χ0n) is 10.3. The van der Waals surface area contributed by atoms with Gasteiger partial charge in [-0.3, -0.25) is 5.10 Å². The van der Waals surface area contributed by atoms with E-state index in [4.69, 9.17) is 22.1 Å². The van der Waals surface area contributed by atoms with Crippen molar-refractivity contribution in [1.29, 1.82) is 0 Å². The van der Waals surface area contributed by atoms with Gasteiger partial charge >= 0.3 is 0 Å². The van der Waals surface area contributed by atoms with Crippen LogP contribution in [0.3, 0.4) is 0 Å². The molecule has 0 unspecified atom stereocenters. The number of ether oxygens (including phenoxy) is 1. The highest BCUT2D eigenvalue weighted by Gasteiger charge is 2.12. The lowest BCUT2D eigenvalue weighted by Crippen LogP contribution is -1.89. The number of aromatic amines is 1. The third-order valence-corrected chi connectivity index (χ3v) is 3.39. The first-order valence-electron chi connectivity index (χ1n) is 5.77. The van der Waals surface area contributed by atoms with E-state index in [0.717, 1.165) is 27.8 Å². The third-order valence-electron chi connectivity index (χ3n) is 3.08. The third kappa shape index (κ3) is 1.90. The predicted molar refractivity (Wildman–Crippen MR) is 77.5 cm³/mol. The summed E-state index contributed by atoms with van der Waals surface area (Å²) in [7, 11) is 1.62. The van der Waals surface area contributed by atoms with Crippen LogP contribution in [-0.4, -0.2) is 17.3 Å². The molecule has 19 heavy (non-hydrogen) atoms. The zero-order valence-corrected chi connectivity index (χ0v) is 11.0. The van der Waals surface area contributed by atoms with Gasteiger partial charge in [-0.1, -0.05) is 23.7 Å². The van der Waals surface area contributed by atoms with Gasteiger partial charge in [-0.25, -0.2) is 0 Å². The topological polar surface area (TPSA) is 63.9 Å². The van der Waals surface area contributed by atoms with Gasteiger partial charge in [-0.2, -0.15) is 5.10 Å². The fourth-order valence-electron chi connectivity index (χ4n) is 2.14. The van der Waals surface area contributed by atoms with Gasteiger partial charge in [-0.05, 0) is 29.8 Å². The molecule has 0 aliphatic rings. The monoisotopic (exact) mass is 273 g/mol. The van der Waals surface area contributed by atoms with Crippen molar-refractivity contribution >= 4 is 28.3 Å². The highest BCUT2D eigenvalue weighted by atomic mass is 35.5. The molecular formula is C14H12ClN3O. The standard InChI is InChI=1S/C14H12ClN3O/c1-19-12-4-2-3-10(15)13(12)8-5-6-11-9(7-8)14(16)18-17-11/h2-7H,1H3,(H3,16,17,18). The van der Waals surface area contributed by atoms with Gasteiger partial charge in [-0.15, -0.1) is 0 Å². The van der Waals surface area contributed by atoms with E-state index in [-0.39, 0.29) is 0 Å². The first kappa shape index (κ1) is 11.9. The molecular weight excluding hydrogens is 262 g/mol. The Kier molecular flexibility index (Phi) is 2.80. The van der Waals surface area contributed by atoms with Crippen molar-refractivity contribution in [3.63, 3.8) is 0 Å². The van der Waals surface area contributed by atoms with E-state index in [0.29, 0.717) is 10.8 Å². The number of anilines is 1. The molecule has 1 aromatic heterocycles. The molecule has 3 N–H and O–H groups in total. The summed E-state index contributed by atoms with van der Waals surface area (Å²) in [6.07, 6.45) is 0. The number of benzene rings is 2. The normalized spacial score (nSPS) is 10.8. The van der Waals surface area contributed by atoms with Crippen LogP contribution in [0.25, 0.3) is 22.0 Å². The van der Waals surface area contributed by atoms with Crippen LogP contribution >= 0.6 is 11.6 Å². The maximum atomic E-state index is 6.27. The Bertz CT molecular complexity index is 752. The SMILES string of the molecule is COc1cccc(Cl)c1-c1ccc2[nH]nc(N)c2c1. The molecule has 0 spiro atoms. The molecule has 0 fully saturated rings. The summed E-state index contributed by atoms with van der Waals surface area (Å²) >= 11 is 6.27. The molecule has 0 saturated heterocycles. The maximum Gasteiger partial charge on any atom is 0.153 e. The molecule has 0 saturated carbocycles. The van der Waals surface area contributed by atoms with Crippen LogP contribution in [0, 0.1) is 0 Å². The van der Waals surface area contributed by atoms with Gasteiger partial charge in [0.1, 0.15) is 5.75 Å². The van der Waals surface area contributed by atoms with Gasteiger partial charge < -0.3 is 10.5 Å². The number of nitrogens with two attached hydrogens (primary N) is 1. The molecule has 0 atom stereocenters. The van der Waals surface area contributed by atoms with Crippen molar-refractivity contribution in [3.8, 4) is 16.9 Å². The molecule has 0 radical (unpaired) electrons. The summed E-state index contributed by atoms with van der Waals surface area (Å²) in [6, 6.07) is 11.4. The van der Waals surface area contributed by atoms with E-state index in [1.165, 1.54) is 0 Å². The summed E-state index contributed by atoms with van der Waals surface area (Å²) in [4.78, 5) is 0. The molecule has 1 heterocycles. The molecule has 0 aliphatic carbocycles. The largest absolute Gasteiger partial charge is 0.496 e. The van der Waals surface area contributed by atoms with Crippen LogP contribution in [0.4, 0.5) is 5.82 Å². The Morgan fingerprint density at radius 3 is 2.89 bits per heavy atom. The van der Waals surface area contributed by atoms with E-state index in [1.807, 2.05) is 36.4 Å². The van der Waals surface area contributed by atoms with E-state index >= 15 is 0 Å². The van der Waals surface area contributed by atoms with Gasteiger partial charge in [0.25, 0.3) is 0 Å². The van der Waals surface area contributed by atoms with Gasteiger partial charge in [0.15, 0.2) is 5.82 Å². The molecule has 0 aliphatic heterocycles. The first-order chi connectivity index (χ1) is 9.20. The van der Waals surface area contributed by atoms with Crippen molar-refractivity contribution in [1.82, 2.24) is 10.2 Å². The molecule has 3 aromatic rings. The summed E-state index contributed by atoms with van der Waals surface area (Å²) in [5, 5.41) is 8.37. The number of fused-ring (bicyclic) bond motifs is 1. The number of hydrogen-bond donors (Lipinski definition) is 2. The molecule has 0 bridgehead atoms. The summed E-state index contributed by atoms with van der Waals surface area (Å²) in [5.41, 5.74) is 8.52. The molecule has 4 nitrogen and oxygen atoms in total. The van der Waals surface area contributed by atoms with Crippen LogP contribution in [0.5, 0.6) is 5.75 Å². The van der Waals surface area contributed by atoms with E-state index < -0.39 is 0 Å². The average molecular weight is 274 g/mol. The van der Waals surface area contributed by atoms with Crippen LogP contribution < -0.4 is 10.5 Å². The number of halogens is 1. The Morgan fingerprint density at radius 1 is 1.26 bits per heavy atom. The van der Waals surface area contributed by atoms with Crippen molar-refractivity contribution < 1.29 is 4.74 Å². The van der Waals surface area contributed by atoms with E-state index in [9.17, 15) is 0 Å². The van der Waals surface area contributed by atoms with Crippen molar-refractivity contribution in [3.05, 3.63) is 41.4 Å². The van der Waals surface area contributed by atoms with Gasteiger partial charge in [0, 0.05) is 10.9 Å². The minimum absolute atomic E-state index is 0.475. The highest BCUT2D eigenvalue weighted by molar-refractivity contribution is 6.33. The number of hydrogen-bond acceptors (Lipinski definition) is 3. The molecule has 2 aromatic carbocycles. The van der Waals surface area contributed by atoms with Crippen molar-refractivity contribution in [2.75, 3.05) is 12.8 Å². The fraction of sp³-hybridized carbons (Fsp3) is 0.0714. The first-order valence-corrected chi connectivity index (χ1v) is 6.15. The Morgan fingerprint density at radius 2 is 2.11 bits per heavy atom. The zero-order chi connectivity index (χ0) is 13.4. The van der Waals surface area contributed by atoms with Crippen LogP contribution in [0.1, 0.15) is 0 Å². The average Bonchev–Trinajstić information content (AvgIpc) is 2.79. The number of nitrogens with zero attached hydrogens (tertiary/aromatic N) is 1. The number of H-pyrrole nitrogens is 1. The maximum absolute atomic E-state index is 6.27. The summed E-state index contributed by atoms with van der Waals surface area (Å²) in [5.74, 6) is 1.21.